The summed E-state index contributed by atoms with van der Waals surface area (Å²) in [4.78, 5) is 7.48. The SMILES string of the molecule is CC(O)CNc1cc(=S)nc(C2CC2)[nH]1. The second kappa shape index (κ2) is 4.28. The Morgan fingerprint density at radius 1 is 1.73 bits per heavy atom. The number of anilines is 1. The molecule has 0 spiro atoms. The molecule has 15 heavy (non-hydrogen) atoms. The van der Waals surface area contributed by atoms with Crippen LogP contribution in [-0.4, -0.2) is 27.7 Å². The summed E-state index contributed by atoms with van der Waals surface area (Å²) in [6, 6.07) is 1.78. The Labute approximate surface area is 93.8 Å². The van der Waals surface area contributed by atoms with Gasteiger partial charge in [-0.2, -0.15) is 0 Å². The fourth-order valence-corrected chi connectivity index (χ4v) is 1.60. The minimum Gasteiger partial charge on any atom is -0.392 e. The predicted octanol–water partition coefficient (Wildman–Crippen LogP) is 1.81. The molecule has 0 saturated heterocycles. The lowest BCUT2D eigenvalue weighted by Crippen LogP contribution is -2.16. The van der Waals surface area contributed by atoms with Crippen LogP contribution in [0.4, 0.5) is 5.82 Å². The van der Waals surface area contributed by atoms with Crippen LogP contribution in [0.3, 0.4) is 0 Å². The molecule has 0 aliphatic heterocycles. The zero-order valence-corrected chi connectivity index (χ0v) is 9.47. The molecule has 0 aromatic carbocycles. The molecule has 1 aromatic heterocycles. The number of nitrogens with zero attached hydrogens (tertiary/aromatic N) is 1. The van der Waals surface area contributed by atoms with E-state index in [1.54, 1.807) is 13.0 Å². The summed E-state index contributed by atoms with van der Waals surface area (Å²) in [5.41, 5.74) is 0. The minimum atomic E-state index is -0.371. The topological polar surface area (TPSA) is 60.9 Å². The number of H-pyrrole nitrogens is 1. The standard InChI is InChI=1S/C10H15N3OS/c1-6(14)5-11-8-4-9(15)13-10(12-8)7-2-3-7/h4,6-7,14H,2-3,5H2,1H3,(H2,11,12,13,15). The Bertz CT molecular complexity index is 398. The zero-order valence-electron chi connectivity index (χ0n) is 8.66. The van der Waals surface area contributed by atoms with Gasteiger partial charge in [-0.1, -0.05) is 12.2 Å². The number of nitrogens with one attached hydrogen (secondary N) is 2. The number of hydrogen-bond donors (Lipinski definition) is 3. The van der Waals surface area contributed by atoms with E-state index in [1.165, 1.54) is 12.8 Å². The van der Waals surface area contributed by atoms with Gasteiger partial charge in [-0.3, -0.25) is 0 Å². The van der Waals surface area contributed by atoms with E-state index in [0.29, 0.717) is 17.1 Å². The van der Waals surface area contributed by atoms with Gasteiger partial charge in [0.1, 0.15) is 16.3 Å². The van der Waals surface area contributed by atoms with Crippen molar-refractivity contribution in [2.45, 2.75) is 31.8 Å². The molecule has 1 aromatic rings. The van der Waals surface area contributed by atoms with Crippen LogP contribution in [0.1, 0.15) is 31.5 Å². The maximum Gasteiger partial charge on any atom is 0.131 e. The summed E-state index contributed by atoms with van der Waals surface area (Å²) >= 11 is 5.08. The van der Waals surface area contributed by atoms with E-state index in [1.807, 2.05) is 0 Å². The van der Waals surface area contributed by atoms with E-state index in [4.69, 9.17) is 17.3 Å². The average Bonchev–Trinajstić information content (AvgIpc) is 2.97. The number of aromatic amines is 1. The normalized spacial score (nSPS) is 17.5. The van der Waals surface area contributed by atoms with Gasteiger partial charge < -0.3 is 15.4 Å². The molecule has 2 rings (SSSR count). The van der Waals surface area contributed by atoms with Gasteiger partial charge in [0, 0.05) is 18.5 Å². The molecule has 5 heteroatoms. The first kappa shape index (κ1) is 10.6. The van der Waals surface area contributed by atoms with Gasteiger partial charge in [-0.05, 0) is 19.8 Å². The van der Waals surface area contributed by atoms with Crippen molar-refractivity contribution in [3.63, 3.8) is 0 Å². The lowest BCUT2D eigenvalue weighted by atomic mass is 10.3. The van der Waals surface area contributed by atoms with Gasteiger partial charge in [0.05, 0.1) is 6.10 Å². The molecule has 1 fully saturated rings. The number of rotatable bonds is 4. The first-order valence-corrected chi connectivity index (χ1v) is 5.59. The Morgan fingerprint density at radius 2 is 2.47 bits per heavy atom. The van der Waals surface area contributed by atoms with E-state index in [2.05, 4.69) is 15.3 Å². The molecule has 4 nitrogen and oxygen atoms in total. The first-order valence-electron chi connectivity index (χ1n) is 5.18. The fourth-order valence-electron chi connectivity index (χ4n) is 1.38. The van der Waals surface area contributed by atoms with Crippen molar-refractivity contribution in [1.29, 1.82) is 0 Å². The summed E-state index contributed by atoms with van der Waals surface area (Å²) in [5.74, 6) is 2.37. The summed E-state index contributed by atoms with van der Waals surface area (Å²) in [6.45, 7) is 2.25. The molecule has 1 saturated carbocycles. The van der Waals surface area contributed by atoms with Gasteiger partial charge >= 0.3 is 0 Å². The minimum absolute atomic E-state index is 0.371. The van der Waals surface area contributed by atoms with Gasteiger partial charge in [-0.15, -0.1) is 0 Å². The van der Waals surface area contributed by atoms with Gasteiger partial charge in [-0.25, -0.2) is 4.98 Å². The molecule has 1 atom stereocenters. The van der Waals surface area contributed by atoms with Crippen molar-refractivity contribution in [1.82, 2.24) is 9.97 Å². The highest BCUT2D eigenvalue weighted by atomic mass is 32.1. The fraction of sp³-hybridized carbons (Fsp3) is 0.600. The highest BCUT2D eigenvalue weighted by Gasteiger charge is 2.25. The quantitative estimate of drug-likeness (QED) is 0.684. The van der Waals surface area contributed by atoms with E-state index in [9.17, 15) is 0 Å². The Kier molecular flexibility index (Phi) is 3.02. The molecule has 0 radical (unpaired) electrons. The molecular formula is C10H15N3OS. The maximum absolute atomic E-state index is 9.16. The summed E-state index contributed by atoms with van der Waals surface area (Å²) < 4.78 is 0.601. The number of aliphatic hydroxyl groups excluding tert-OH is 1. The van der Waals surface area contributed by atoms with Crippen LogP contribution in [-0.2, 0) is 0 Å². The largest absolute Gasteiger partial charge is 0.392 e. The smallest absolute Gasteiger partial charge is 0.131 e. The van der Waals surface area contributed by atoms with Crippen LogP contribution >= 0.6 is 12.2 Å². The van der Waals surface area contributed by atoms with Crippen LogP contribution in [0.25, 0.3) is 0 Å². The average molecular weight is 225 g/mol. The number of aromatic nitrogens is 2. The van der Waals surface area contributed by atoms with Crippen molar-refractivity contribution in [2.75, 3.05) is 11.9 Å². The second-order valence-electron chi connectivity index (χ2n) is 4.02. The molecular weight excluding hydrogens is 210 g/mol. The van der Waals surface area contributed by atoms with Crippen LogP contribution in [0.5, 0.6) is 0 Å². The molecule has 1 heterocycles. The van der Waals surface area contributed by atoms with E-state index < -0.39 is 0 Å². The number of hydrogen-bond acceptors (Lipinski definition) is 4. The third kappa shape index (κ3) is 3.00. The summed E-state index contributed by atoms with van der Waals surface area (Å²) in [5, 5.41) is 12.3. The number of aliphatic hydroxyl groups is 1. The first-order chi connectivity index (χ1) is 7.15. The van der Waals surface area contributed by atoms with Crippen molar-refractivity contribution >= 4 is 18.0 Å². The van der Waals surface area contributed by atoms with Crippen molar-refractivity contribution in [3.8, 4) is 0 Å². The third-order valence-corrected chi connectivity index (χ3v) is 2.52. The van der Waals surface area contributed by atoms with Gasteiger partial charge in [0.25, 0.3) is 0 Å². The molecule has 0 bridgehead atoms. The van der Waals surface area contributed by atoms with Crippen molar-refractivity contribution < 1.29 is 5.11 Å². The van der Waals surface area contributed by atoms with Crippen LogP contribution < -0.4 is 5.32 Å². The molecule has 82 valence electrons. The van der Waals surface area contributed by atoms with E-state index >= 15 is 0 Å². The zero-order chi connectivity index (χ0) is 10.8. The van der Waals surface area contributed by atoms with Crippen molar-refractivity contribution in [3.05, 3.63) is 16.5 Å². The molecule has 1 unspecified atom stereocenters. The summed E-state index contributed by atoms with van der Waals surface area (Å²) in [6.07, 6.45) is 2.01. The molecule has 3 N–H and O–H groups in total. The van der Waals surface area contributed by atoms with Crippen LogP contribution in [0.2, 0.25) is 0 Å². The lowest BCUT2D eigenvalue weighted by Gasteiger charge is -2.09. The highest BCUT2D eigenvalue weighted by molar-refractivity contribution is 7.71. The third-order valence-electron chi connectivity index (χ3n) is 2.31. The second-order valence-corrected chi connectivity index (χ2v) is 4.44. The highest BCUT2D eigenvalue weighted by Crippen LogP contribution is 2.38. The predicted molar refractivity (Wildman–Crippen MR) is 61.6 cm³/mol. The molecule has 1 aliphatic carbocycles. The Hall–Kier alpha value is -0.940. The van der Waals surface area contributed by atoms with E-state index in [-0.39, 0.29) is 6.10 Å². The monoisotopic (exact) mass is 225 g/mol. The Balaban J connectivity index is 2.12. The van der Waals surface area contributed by atoms with Crippen molar-refractivity contribution in [2.24, 2.45) is 0 Å². The van der Waals surface area contributed by atoms with Gasteiger partial charge in [0.2, 0.25) is 0 Å². The molecule has 1 aliphatic rings. The van der Waals surface area contributed by atoms with E-state index in [0.717, 1.165) is 11.6 Å². The lowest BCUT2D eigenvalue weighted by molar-refractivity contribution is 0.208. The molecule has 0 amide bonds. The maximum atomic E-state index is 9.16. The van der Waals surface area contributed by atoms with Crippen LogP contribution in [0.15, 0.2) is 6.07 Å². The van der Waals surface area contributed by atoms with Gasteiger partial charge in [0.15, 0.2) is 0 Å². The summed E-state index contributed by atoms with van der Waals surface area (Å²) in [7, 11) is 0. The van der Waals surface area contributed by atoms with Crippen LogP contribution in [0, 0.1) is 4.64 Å². The Morgan fingerprint density at radius 3 is 3.07 bits per heavy atom.